The summed E-state index contributed by atoms with van der Waals surface area (Å²) in [5.41, 5.74) is 5.22. The van der Waals surface area contributed by atoms with Gasteiger partial charge in [-0.05, 0) is 50.3 Å². The van der Waals surface area contributed by atoms with Crippen molar-refractivity contribution in [2.75, 3.05) is 0 Å². The van der Waals surface area contributed by atoms with Crippen LogP contribution in [0.4, 0.5) is 11.4 Å². The predicted molar refractivity (Wildman–Crippen MR) is 129 cm³/mol. The van der Waals surface area contributed by atoms with E-state index >= 15 is 0 Å². The predicted octanol–water partition coefficient (Wildman–Crippen LogP) is 7.36. The second-order valence-electron chi connectivity index (χ2n) is 8.66. The highest BCUT2D eigenvalue weighted by molar-refractivity contribution is 7.07. The Morgan fingerprint density at radius 3 is 2.58 bits per heavy atom. The van der Waals surface area contributed by atoms with Crippen LogP contribution in [0.5, 0.6) is 0 Å². The fourth-order valence-corrected chi connectivity index (χ4v) is 4.72. The molecule has 0 radical (unpaired) electrons. The number of nitro groups is 1. The molecule has 2 aromatic carbocycles. The molecule has 3 aromatic rings. The van der Waals surface area contributed by atoms with Crippen molar-refractivity contribution in [1.82, 2.24) is 4.57 Å². The lowest BCUT2D eigenvalue weighted by atomic mass is 10.0. The van der Waals surface area contributed by atoms with E-state index in [2.05, 4.69) is 62.8 Å². The van der Waals surface area contributed by atoms with Crippen LogP contribution in [0, 0.1) is 29.9 Å². The maximum Gasteiger partial charge on any atom is 0.270 e. The van der Waals surface area contributed by atoms with E-state index in [0.717, 1.165) is 40.2 Å². The molecule has 6 heteroatoms. The molecule has 1 atom stereocenters. The lowest BCUT2D eigenvalue weighted by Gasteiger charge is -2.18. The summed E-state index contributed by atoms with van der Waals surface area (Å²) in [5.74, 6) is 0.676. The van der Waals surface area contributed by atoms with Gasteiger partial charge >= 0.3 is 0 Å². The van der Waals surface area contributed by atoms with Gasteiger partial charge in [-0.3, -0.25) is 10.1 Å². The van der Waals surface area contributed by atoms with Crippen molar-refractivity contribution in [3.63, 3.8) is 0 Å². The van der Waals surface area contributed by atoms with E-state index in [1.165, 1.54) is 18.1 Å². The second-order valence-corrected chi connectivity index (χ2v) is 9.49. The summed E-state index contributed by atoms with van der Waals surface area (Å²) in [7, 11) is 0. The molecular weight excluding hydrogens is 406 g/mol. The third-order valence-electron chi connectivity index (χ3n) is 5.52. The van der Waals surface area contributed by atoms with Gasteiger partial charge in [0.25, 0.3) is 5.69 Å². The van der Waals surface area contributed by atoms with Crippen LogP contribution in [-0.2, 0) is 0 Å². The fourth-order valence-electron chi connectivity index (χ4n) is 3.71. The normalized spacial score (nSPS) is 13.0. The minimum absolute atomic E-state index is 0.107. The van der Waals surface area contributed by atoms with Gasteiger partial charge in [0.2, 0.25) is 0 Å². The number of hydrogen-bond donors (Lipinski definition) is 0. The summed E-state index contributed by atoms with van der Waals surface area (Å²) in [6.45, 7) is 10.9. The van der Waals surface area contributed by atoms with E-state index in [1.54, 1.807) is 23.5 Å². The van der Waals surface area contributed by atoms with E-state index < -0.39 is 0 Å². The number of thiazole rings is 1. The van der Waals surface area contributed by atoms with Gasteiger partial charge in [-0.25, -0.2) is 4.99 Å². The highest BCUT2D eigenvalue weighted by Crippen LogP contribution is 2.29. The Balaban J connectivity index is 2.11. The van der Waals surface area contributed by atoms with E-state index in [0.29, 0.717) is 5.92 Å². The molecule has 0 saturated carbocycles. The van der Waals surface area contributed by atoms with Gasteiger partial charge in [0.15, 0.2) is 4.80 Å². The van der Waals surface area contributed by atoms with Crippen molar-refractivity contribution < 1.29 is 4.92 Å². The Hall–Kier alpha value is -2.73. The first-order valence-corrected chi connectivity index (χ1v) is 11.7. The topological polar surface area (TPSA) is 60.4 Å². The molecule has 5 nitrogen and oxygen atoms in total. The molecule has 0 saturated heterocycles. The largest absolute Gasteiger partial charge is 0.314 e. The van der Waals surface area contributed by atoms with Gasteiger partial charge in [-0.1, -0.05) is 51.0 Å². The monoisotopic (exact) mass is 437 g/mol. The van der Waals surface area contributed by atoms with Crippen LogP contribution >= 0.6 is 11.3 Å². The van der Waals surface area contributed by atoms with Crippen LogP contribution in [0.3, 0.4) is 0 Å². The van der Waals surface area contributed by atoms with Crippen LogP contribution in [0.15, 0.2) is 52.8 Å². The molecule has 1 aromatic heterocycles. The van der Waals surface area contributed by atoms with Crippen LogP contribution in [-0.4, -0.2) is 9.49 Å². The van der Waals surface area contributed by atoms with Crippen molar-refractivity contribution in [1.29, 1.82) is 0 Å². The average molecular weight is 438 g/mol. The zero-order valence-electron chi connectivity index (χ0n) is 19.0. The summed E-state index contributed by atoms with van der Waals surface area (Å²) in [5, 5.41) is 13.4. The first-order chi connectivity index (χ1) is 14.8. The molecule has 0 bridgehead atoms. The first kappa shape index (κ1) is 22.9. The van der Waals surface area contributed by atoms with Crippen molar-refractivity contribution in [2.45, 2.75) is 59.9 Å². The van der Waals surface area contributed by atoms with E-state index in [9.17, 15) is 10.1 Å². The van der Waals surface area contributed by atoms with E-state index in [-0.39, 0.29) is 16.7 Å². The van der Waals surface area contributed by atoms with Crippen molar-refractivity contribution in [3.8, 4) is 11.3 Å². The molecule has 0 aliphatic heterocycles. The maximum absolute atomic E-state index is 11.3. The summed E-state index contributed by atoms with van der Waals surface area (Å²) in [6, 6.07) is 13.4. The third kappa shape index (κ3) is 5.70. The molecule has 1 heterocycles. The number of benzene rings is 2. The average Bonchev–Trinajstić information content (AvgIpc) is 3.14. The van der Waals surface area contributed by atoms with E-state index in [4.69, 9.17) is 4.99 Å². The minimum Gasteiger partial charge on any atom is -0.314 e. The minimum atomic E-state index is -0.340. The molecule has 0 amide bonds. The third-order valence-corrected chi connectivity index (χ3v) is 6.36. The molecule has 31 heavy (non-hydrogen) atoms. The number of aryl methyl sites for hydroxylation is 2. The molecule has 3 rings (SSSR count). The zero-order chi connectivity index (χ0) is 22.5. The standard InChI is InChI=1S/C25H31N3O2S/c1-17(2)8-6-9-20(5)27-24(21-10-7-11-22(15-21)28(29)30)16-31-25(27)26-23-14-18(3)12-13-19(23)4/h7,10-17,20H,6,8-9H2,1-5H3. The first-order valence-electron chi connectivity index (χ1n) is 10.8. The molecule has 0 spiro atoms. The smallest absolute Gasteiger partial charge is 0.270 e. The fraction of sp³-hybridized carbons (Fsp3) is 0.400. The molecular formula is C25H31N3O2S. The van der Waals surface area contributed by atoms with Gasteiger partial charge in [0.1, 0.15) is 0 Å². The Kier molecular flexibility index (Phi) is 7.44. The Morgan fingerprint density at radius 2 is 1.87 bits per heavy atom. The molecule has 0 aliphatic rings. The highest BCUT2D eigenvalue weighted by atomic mass is 32.1. The Bertz CT molecular complexity index is 1130. The van der Waals surface area contributed by atoms with Crippen LogP contribution < -0.4 is 4.80 Å². The van der Waals surface area contributed by atoms with Gasteiger partial charge in [0.05, 0.1) is 16.3 Å². The molecule has 164 valence electrons. The van der Waals surface area contributed by atoms with Gasteiger partial charge in [-0.15, -0.1) is 11.3 Å². The van der Waals surface area contributed by atoms with Crippen molar-refractivity contribution in [2.24, 2.45) is 10.9 Å². The lowest BCUT2D eigenvalue weighted by molar-refractivity contribution is -0.384. The highest BCUT2D eigenvalue weighted by Gasteiger charge is 2.16. The summed E-state index contributed by atoms with van der Waals surface area (Å²) in [6.07, 6.45) is 3.36. The summed E-state index contributed by atoms with van der Waals surface area (Å²) < 4.78 is 2.26. The second kappa shape index (κ2) is 10.1. The summed E-state index contributed by atoms with van der Waals surface area (Å²) >= 11 is 1.59. The number of aromatic nitrogens is 1. The SMILES string of the molecule is Cc1ccc(C)c(N=c2scc(-c3cccc([N+](=O)[O-])c3)n2C(C)CCCC(C)C)c1. The summed E-state index contributed by atoms with van der Waals surface area (Å²) in [4.78, 5) is 16.9. The van der Waals surface area contributed by atoms with Gasteiger partial charge in [0, 0.05) is 29.1 Å². The Labute approximate surface area is 188 Å². The Morgan fingerprint density at radius 1 is 1.10 bits per heavy atom. The van der Waals surface area contributed by atoms with E-state index in [1.807, 2.05) is 6.07 Å². The maximum atomic E-state index is 11.3. The molecule has 0 aliphatic carbocycles. The van der Waals surface area contributed by atoms with Crippen molar-refractivity contribution >= 4 is 22.7 Å². The number of non-ortho nitro benzene ring substituents is 1. The number of hydrogen-bond acceptors (Lipinski definition) is 4. The number of rotatable bonds is 8. The number of nitro benzene ring substituents is 1. The molecule has 1 unspecified atom stereocenters. The van der Waals surface area contributed by atoms with Gasteiger partial charge < -0.3 is 4.57 Å². The molecule has 0 fully saturated rings. The zero-order valence-corrected chi connectivity index (χ0v) is 19.8. The quantitative estimate of drug-likeness (QED) is 0.273. The van der Waals surface area contributed by atoms with Gasteiger partial charge in [-0.2, -0.15) is 0 Å². The number of nitrogens with zero attached hydrogens (tertiary/aromatic N) is 3. The van der Waals surface area contributed by atoms with Crippen LogP contribution in [0.2, 0.25) is 0 Å². The van der Waals surface area contributed by atoms with Crippen LogP contribution in [0.25, 0.3) is 11.3 Å². The van der Waals surface area contributed by atoms with Crippen LogP contribution in [0.1, 0.15) is 57.2 Å². The molecule has 0 N–H and O–H groups in total. The lowest BCUT2D eigenvalue weighted by Crippen LogP contribution is -2.20. The van der Waals surface area contributed by atoms with Crippen molar-refractivity contribution in [3.05, 3.63) is 73.9 Å².